The lowest BCUT2D eigenvalue weighted by atomic mass is 10.0. The second-order valence-electron chi connectivity index (χ2n) is 4.33. The lowest BCUT2D eigenvalue weighted by Gasteiger charge is -2.19. The highest BCUT2D eigenvalue weighted by Crippen LogP contribution is 2.30. The predicted octanol–water partition coefficient (Wildman–Crippen LogP) is 3.75. The van der Waals surface area contributed by atoms with Crippen LogP contribution < -0.4 is 5.32 Å². The lowest BCUT2D eigenvalue weighted by molar-refractivity contribution is 0.629. The summed E-state index contributed by atoms with van der Waals surface area (Å²) in [4.78, 5) is 0. The largest absolute Gasteiger partial charge is 0.381 e. The number of nitrogens with one attached hydrogen (secondary N) is 1. The zero-order chi connectivity index (χ0) is 11.5. The third-order valence-corrected chi connectivity index (χ3v) is 3.70. The quantitative estimate of drug-likeness (QED) is 0.846. The zero-order valence-electron chi connectivity index (χ0n) is 9.33. The van der Waals surface area contributed by atoms with Crippen LogP contribution in [0.4, 0.5) is 5.69 Å². The van der Waals surface area contributed by atoms with Gasteiger partial charge in [-0.3, -0.25) is 0 Å². The number of nitrogens with zero attached hydrogens (tertiary/aromatic N) is 1. The van der Waals surface area contributed by atoms with E-state index in [2.05, 4.69) is 11.4 Å². The van der Waals surface area contributed by atoms with Gasteiger partial charge >= 0.3 is 0 Å². The smallest absolute Gasteiger partial charge is 0.0677 e. The monoisotopic (exact) mass is 234 g/mol. The molecule has 2 unspecified atom stereocenters. The van der Waals surface area contributed by atoms with Gasteiger partial charge in [0.2, 0.25) is 0 Å². The zero-order valence-corrected chi connectivity index (χ0v) is 10.1. The highest BCUT2D eigenvalue weighted by molar-refractivity contribution is 6.31. The maximum Gasteiger partial charge on any atom is 0.0677 e. The highest BCUT2D eigenvalue weighted by atomic mass is 35.5. The molecule has 2 nitrogen and oxygen atoms in total. The van der Waals surface area contributed by atoms with E-state index in [1.807, 2.05) is 25.1 Å². The minimum absolute atomic E-state index is 0.137. The first-order chi connectivity index (χ1) is 7.72. The van der Waals surface area contributed by atoms with Crippen LogP contribution in [0.5, 0.6) is 0 Å². The first kappa shape index (κ1) is 11.3. The van der Waals surface area contributed by atoms with Gasteiger partial charge in [0.1, 0.15) is 0 Å². The van der Waals surface area contributed by atoms with E-state index in [-0.39, 0.29) is 12.0 Å². The maximum atomic E-state index is 9.02. The molecule has 1 aromatic carbocycles. The Morgan fingerprint density at radius 1 is 1.44 bits per heavy atom. The average Bonchev–Trinajstić information content (AvgIpc) is 2.72. The summed E-state index contributed by atoms with van der Waals surface area (Å²) in [5.41, 5.74) is 2.12. The molecular weight excluding hydrogens is 220 g/mol. The summed E-state index contributed by atoms with van der Waals surface area (Å²) in [6.45, 7) is 2.00. The van der Waals surface area contributed by atoms with Gasteiger partial charge in [-0.05, 0) is 43.9 Å². The van der Waals surface area contributed by atoms with Crippen LogP contribution in [-0.2, 0) is 0 Å². The van der Waals surface area contributed by atoms with E-state index < -0.39 is 0 Å². The molecule has 0 heterocycles. The molecule has 0 aliphatic heterocycles. The summed E-state index contributed by atoms with van der Waals surface area (Å²) in [6.07, 6.45) is 3.22. The Morgan fingerprint density at radius 3 is 3.00 bits per heavy atom. The van der Waals surface area contributed by atoms with Gasteiger partial charge in [-0.25, -0.2) is 0 Å². The molecule has 2 atom stereocenters. The summed E-state index contributed by atoms with van der Waals surface area (Å²) in [6, 6.07) is 8.50. The van der Waals surface area contributed by atoms with Crippen LogP contribution in [0.1, 0.15) is 24.8 Å². The Morgan fingerprint density at radius 2 is 2.25 bits per heavy atom. The van der Waals surface area contributed by atoms with Crippen LogP contribution in [0.15, 0.2) is 18.2 Å². The summed E-state index contributed by atoms with van der Waals surface area (Å²) in [5.74, 6) is 0.137. The number of nitriles is 1. The van der Waals surface area contributed by atoms with E-state index in [4.69, 9.17) is 16.9 Å². The van der Waals surface area contributed by atoms with E-state index >= 15 is 0 Å². The predicted molar refractivity (Wildman–Crippen MR) is 66.6 cm³/mol. The second kappa shape index (κ2) is 4.76. The number of benzene rings is 1. The molecule has 1 aliphatic rings. The minimum atomic E-state index is 0.137. The van der Waals surface area contributed by atoms with Gasteiger partial charge in [0.15, 0.2) is 0 Å². The standard InChI is InChI=1S/C13H15ClN2/c1-9-11(14)5-3-6-12(9)16-13-7-2-4-10(13)8-15/h3,5-6,10,13,16H,2,4,7H2,1H3. The van der Waals surface area contributed by atoms with Crippen molar-refractivity contribution in [3.63, 3.8) is 0 Å². The Kier molecular flexibility index (Phi) is 3.36. The number of rotatable bonds is 2. The molecule has 0 saturated heterocycles. The van der Waals surface area contributed by atoms with E-state index in [0.29, 0.717) is 0 Å². The number of halogens is 1. The Hall–Kier alpha value is -1.20. The van der Waals surface area contributed by atoms with E-state index in [9.17, 15) is 0 Å². The van der Waals surface area contributed by atoms with Gasteiger partial charge in [0.05, 0.1) is 12.0 Å². The van der Waals surface area contributed by atoms with Crippen molar-refractivity contribution in [2.75, 3.05) is 5.32 Å². The molecule has 1 N–H and O–H groups in total. The topological polar surface area (TPSA) is 35.8 Å². The summed E-state index contributed by atoms with van der Waals surface area (Å²) < 4.78 is 0. The van der Waals surface area contributed by atoms with Gasteiger partial charge < -0.3 is 5.32 Å². The first-order valence-corrected chi connectivity index (χ1v) is 6.01. The lowest BCUT2D eigenvalue weighted by Crippen LogP contribution is -2.23. The Labute approximate surface area is 101 Å². The fourth-order valence-electron chi connectivity index (χ4n) is 2.25. The minimum Gasteiger partial charge on any atom is -0.381 e. The molecule has 1 fully saturated rings. The molecule has 0 radical (unpaired) electrons. The number of hydrogen-bond acceptors (Lipinski definition) is 2. The Balaban J connectivity index is 2.15. The first-order valence-electron chi connectivity index (χ1n) is 5.63. The van der Waals surface area contributed by atoms with Crippen molar-refractivity contribution in [3.8, 4) is 6.07 Å². The molecule has 16 heavy (non-hydrogen) atoms. The highest BCUT2D eigenvalue weighted by Gasteiger charge is 2.27. The van der Waals surface area contributed by atoms with E-state index in [1.165, 1.54) is 0 Å². The van der Waals surface area contributed by atoms with Crippen LogP contribution in [0.2, 0.25) is 5.02 Å². The molecular formula is C13H15ClN2. The third kappa shape index (κ3) is 2.15. The van der Waals surface area contributed by atoms with Crippen molar-refractivity contribution in [2.45, 2.75) is 32.2 Å². The van der Waals surface area contributed by atoms with Gasteiger partial charge in [-0.2, -0.15) is 5.26 Å². The number of anilines is 1. The van der Waals surface area contributed by atoms with Crippen molar-refractivity contribution >= 4 is 17.3 Å². The van der Waals surface area contributed by atoms with Crippen molar-refractivity contribution in [1.82, 2.24) is 0 Å². The van der Waals surface area contributed by atoms with E-state index in [1.54, 1.807) is 0 Å². The van der Waals surface area contributed by atoms with Gasteiger partial charge in [0.25, 0.3) is 0 Å². The van der Waals surface area contributed by atoms with Crippen LogP contribution in [0.25, 0.3) is 0 Å². The molecule has 1 aliphatic carbocycles. The van der Waals surface area contributed by atoms with Crippen molar-refractivity contribution < 1.29 is 0 Å². The molecule has 0 bridgehead atoms. The van der Waals surface area contributed by atoms with Gasteiger partial charge in [-0.1, -0.05) is 17.7 Å². The van der Waals surface area contributed by atoms with Crippen molar-refractivity contribution in [1.29, 1.82) is 5.26 Å². The SMILES string of the molecule is Cc1c(Cl)cccc1NC1CCCC1C#N. The van der Waals surface area contributed by atoms with Gasteiger partial charge in [0, 0.05) is 16.8 Å². The molecule has 0 amide bonds. The van der Waals surface area contributed by atoms with Crippen LogP contribution >= 0.6 is 11.6 Å². The summed E-state index contributed by atoms with van der Waals surface area (Å²) >= 11 is 6.06. The molecule has 1 saturated carbocycles. The van der Waals surface area contributed by atoms with Crippen molar-refractivity contribution in [3.05, 3.63) is 28.8 Å². The third-order valence-electron chi connectivity index (χ3n) is 3.29. The van der Waals surface area contributed by atoms with Crippen LogP contribution in [-0.4, -0.2) is 6.04 Å². The van der Waals surface area contributed by atoms with Crippen LogP contribution in [0, 0.1) is 24.2 Å². The Bertz CT molecular complexity index is 422. The number of hydrogen-bond donors (Lipinski definition) is 1. The average molecular weight is 235 g/mol. The molecule has 0 aromatic heterocycles. The normalized spacial score (nSPS) is 24.1. The summed E-state index contributed by atoms with van der Waals surface area (Å²) in [5, 5.41) is 13.2. The molecule has 3 heteroatoms. The molecule has 0 spiro atoms. The molecule has 1 aromatic rings. The maximum absolute atomic E-state index is 9.02. The molecule has 2 rings (SSSR count). The van der Waals surface area contributed by atoms with Crippen LogP contribution in [0.3, 0.4) is 0 Å². The van der Waals surface area contributed by atoms with E-state index in [0.717, 1.165) is 35.5 Å². The second-order valence-corrected chi connectivity index (χ2v) is 4.74. The fraction of sp³-hybridized carbons (Fsp3) is 0.462. The van der Waals surface area contributed by atoms with Gasteiger partial charge in [-0.15, -0.1) is 0 Å². The summed E-state index contributed by atoms with van der Waals surface area (Å²) in [7, 11) is 0. The molecule has 84 valence electrons. The van der Waals surface area contributed by atoms with Crippen molar-refractivity contribution in [2.24, 2.45) is 5.92 Å². The fourth-order valence-corrected chi connectivity index (χ4v) is 2.43.